The maximum atomic E-state index is 13.3. The SMILES string of the molecule is O=C(NCCO)C(F)(F)C(F)(F)C(F)(F)C(F)(F)C(F)(F)C(F)(F)C(F)(F)C(F)(F)F. The van der Waals surface area contributed by atoms with Crippen LogP contribution in [0.4, 0.5) is 74.6 Å². The molecule has 2 N–H and O–H groups in total. The van der Waals surface area contributed by atoms with E-state index in [1.807, 2.05) is 0 Å². The molecule has 0 saturated carbocycles. The number of hydrogen-bond donors (Lipinski definition) is 2. The van der Waals surface area contributed by atoms with E-state index in [9.17, 15) is 79.4 Å². The topological polar surface area (TPSA) is 49.3 Å². The molecule has 0 fully saturated rings. The lowest BCUT2D eigenvalue weighted by Crippen LogP contribution is -2.75. The molecule has 0 rings (SSSR count). The second-order valence-corrected chi connectivity index (χ2v) is 5.50. The first kappa shape index (κ1) is 29.2. The van der Waals surface area contributed by atoms with Crippen LogP contribution in [0.3, 0.4) is 0 Å². The summed E-state index contributed by atoms with van der Waals surface area (Å²) >= 11 is 0. The summed E-state index contributed by atoms with van der Waals surface area (Å²) in [7, 11) is 0. The first-order valence-corrected chi connectivity index (χ1v) is 6.84. The van der Waals surface area contributed by atoms with Gasteiger partial charge in [0.05, 0.1) is 6.61 Å². The Morgan fingerprint density at radius 1 is 0.548 bits per heavy atom. The van der Waals surface area contributed by atoms with E-state index in [2.05, 4.69) is 0 Å². The van der Waals surface area contributed by atoms with Gasteiger partial charge in [0, 0.05) is 6.54 Å². The first-order valence-electron chi connectivity index (χ1n) is 6.84. The quantitative estimate of drug-likeness (QED) is 0.462. The average Bonchev–Trinajstić information content (AvgIpc) is 2.57. The molecule has 0 radical (unpaired) electrons. The Bertz CT molecular complexity index is 667. The van der Waals surface area contributed by atoms with E-state index in [0.29, 0.717) is 5.32 Å². The van der Waals surface area contributed by atoms with Crippen LogP contribution in [0.2, 0.25) is 0 Å². The molecule has 0 unspecified atom stereocenters. The number of aliphatic hydroxyl groups excluding tert-OH is 1. The number of hydrogen-bond acceptors (Lipinski definition) is 2. The van der Waals surface area contributed by atoms with Crippen LogP contribution < -0.4 is 5.32 Å². The van der Waals surface area contributed by atoms with Crippen molar-refractivity contribution in [1.82, 2.24) is 5.32 Å². The third-order valence-electron chi connectivity index (χ3n) is 3.40. The lowest BCUT2D eigenvalue weighted by atomic mass is 9.89. The molecule has 20 heteroatoms. The van der Waals surface area contributed by atoms with E-state index < -0.39 is 66.7 Å². The molecule has 0 aromatic rings. The van der Waals surface area contributed by atoms with Crippen LogP contribution >= 0.6 is 0 Å². The van der Waals surface area contributed by atoms with E-state index >= 15 is 0 Å². The highest BCUT2D eigenvalue weighted by Crippen LogP contribution is 2.63. The molecular formula is C11H6F17NO2. The highest BCUT2D eigenvalue weighted by atomic mass is 19.4. The average molecular weight is 507 g/mol. The molecule has 31 heavy (non-hydrogen) atoms. The second kappa shape index (κ2) is 7.68. The summed E-state index contributed by atoms with van der Waals surface area (Å²) in [5.74, 6) is -61.7. The molecule has 3 nitrogen and oxygen atoms in total. The van der Waals surface area contributed by atoms with Crippen molar-refractivity contribution in [3.05, 3.63) is 0 Å². The minimum absolute atomic E-state index is 0.514. The van der Waals surface area contributed by atoms with Crippen LogP contribution in [-0.2, 0) is 4.79 Å². The highest BCUT2D eigenvalue weighted by molar-refractivity contribution is 5.84. The van der Waals surface area contributed by atoms with Gasteiger partial charge in [-0.3, -0.25) is 4.79 Å². The third-order valence-corrected chi connectivity index (χ3v) is 3.40. The fourth-order valence-corrected chi connectivity index (χ4v) is 1.59. The zero-order valence-electron chi connectivity index (χ0n) is 13.7. The van der Waals surface area contributed by atoms with Gasteiger partial charge in [-0.25, -0.2) is 0 Å². The van der Waals surface area contributed by atoms with Gasteiger partial charge in [0.2, 0.25) is 0 Å². The minimum atomic E-state index is -8.75. The summed E-state index contributed by atoms with van der Waals surface area (Å²) in [4.78, 5) is 10.7. The molecule has 0 saturated heterocycles. The lowest BCUT2D eigenvalue weighted by Gasteiger charge is -2.42. The molecule has 0 aliphatic rings. The zero-order valence-corrected chi connectivity index (χ0v) is 13.7. The van der Waals surface area contributed by atoms with Crippen LogP contribution in [0.15, 0.2) is 0 Å². The Kier molecular flexibility index (Phi) is 7.24. The Balaban J connectivity index is 6.66. The third kappa shape index (κ3) is 3.83. The summed E-state index contributed by atoms with van der Waals surface area (Å²) in [5, 5.41) is 8.66. The van der Waals surface area contributed by atoms with Gasteiger partial charge in [-0.1, -0.05) is 0 Å². The maximum absolute atomic E-state index is 13.3. The minimum Gasteiger partial charge on any atom is -0.395 e. The molecule has 0 aromatic heterocycles. The summed E-state index contributed by atoms with van der Waals surface area (Å²) < 4.78 is 219. The maximum Gasteiger partial charge on any atom is 0.460 e. The number of rotatable bonds is 9. The summed E-state index contributed by atoms with van der Waals surface area (Å²) in [5.41, 5.74) is 0. The van der Waals surface area contributed by atoms with Crippen LogP contribution in [0.1, 0.15) is 0 Å². The standard InChI is InChI=1S/C11H6F17NO2/c12-4(13,3(31)29-1-2-30)5(14,15)6(16,17)7(18,19)8(20,21)9(22,23)10(24,25)11(26,27)28/h30H,1-2H2,(H,29,31). The van der Waals surface area contributed by atoms with Crippen molar-refractivity contribution in [1.29, 1.82) is 0 Å². The van der Waals surface area contributed by atoms with E-state index in [1.54, 1.807) is 0 Å². The number of nitrogens with one attached hydrogen (secondary N) is 1. The smallest absolute Gasteiger partial charge is 0.395 e. The van der Waals surface area contributed by atoms with Gasteiger partial charge < -0.3 is 10.4 Å². The first-order chi connectivity index (χ1) is 13.2. The van der Waals surface area contributed by atoms with Crippen LogP contribution in [0, 0.1) is 0 Å². The Labute approximate surface area is 158 Å². The lowest BCUT2D eigenvalue weighted by molar-refractivity contribution is -0.459. The van der Waals surface area contributed by atoms with Crippen molar-refractivity contribution in [2.24, 2.45) is 0 Å². The predicted octanol–water partition coefficient (Wildman–Crippen LogP) is 4.10. The van der Waals surface area contributed by atoms with E-state index in [-0.39, 0.29) is 0 Å². The summed E-state index contributed by atoms with van der Waals surface area (Å²) in [6.45, 7) is -2.81. The molecule has 1 amide bonds. The number of aliphatic hydroxyl groups is 1. The molecule has 0 aliphatic heterocycles. The summed E-state index contributed by atoms with van der Waals surface area (Å²) in [6, 6.07) is 0. The molecule has 0 bridgehead atoms. The molecule has 0 heterocycles. The van der Waals surface area contributed by atoms with E-state index in [4.69, 9.17) is 5.11 Å². The fourth-order valence-electron chi connectivity index (χ4n) is 1.59. The van der Waals surface area contributed by atoms with Gasteiger partial charge in [0.1, 0.15) is 0 Å². The van der Waals surface area contributed by atoms with Crippen LogP contribution in [0.25, 0.3) is 0 Å². The van der Waals surface area contributed by atoms with E-state index in [1.165, 1.54) is 0 Å². The fraction of sp³-hybridized carbons (Fsp3) is 0.909. The monoisotopic (exact) mass is 507 g/mol. The van der Waals surface area contributed by atoms with Gasteiger partial charge in [-0.15, -0.1) is 0 Å². The number of amides is 1. The van der Waals surface area contributed by atoms with E-state index in [0.717, 1.165) is 0 Å². The number of carbonyl (C=O) groups excluding carboxylic acids is 1. The highest BCUT2D eigenvalue weighted by Gasteiger charge is 2.95. The van der Waals surface area contributed by atoms with Crippen molar-refractivity contribution >= 4 is 5.91 Å². The Morgan fingerprint density at radius 2 is 0.839 bits per heavy atom. The van der Waals surface area contributed by atoms with Gasteiger partial charge in [0.15, 0.2) is 0 Å². The van der Waals surface area contributed by atoms with Crippen molar-refractivity contribution in [2.45, 2.75) is 47.6 Å². The second-order valence-electron chi connectivity index (χ2n) is 5.50. The Hall–Kier alpha value is -1.76. The van der Waals surface area contributed by atoms with Crippen molar-refractivity contribution in [3.63, 3.8) is 0 Å². The number of alkyl halides is 17. The summed E-state index contributed by atoms with van der Waals surface area (Å²) in [6.07, 6.45) is -7.83. The molecule has 0 aromatic carbocycles. The number of halogens is 17. The number of carbonyl (C=O) groups is 1. The normalized spacial score (nSPS) is 15.8. The molecule has 0 atom stereocenters. The van der Waals surface area contributed by atoms with Crippen LogP contribution in [0.5, 0.6) is 0 Å². The van der Waals surface area contributed by atoms with Crippen molar-refractivity contribution < 1.29 is 84.5 Å². The molecular weight excluding hydrogens is 501 g/mol. The largest absolute Gasteiger partial charge is 0.460 e. The van der Waals surface area contributed by atoms with Crippen LogP contribution in [-0.4, -0.2) is 71.8 Å². The molecule has 186 valence electrons. The van der Waals surface area contributed by atoms with Gasteiger partial charge in [-0.05, 0) is 0 Å². The zero-order chi connectivity index (χ0) is 25.7. The van der Waals surface area contributed by atoms with Gasteiger partial charge >= 0.3 is 47.6 Å². The van der Waals surface area contributed by atoms with Crippen molar-refractivity contribution in [3.8, 4) is 0 Å². The van der Waals surface area contributed by atoms with Gasteiger partial charge in [-0.2, -0.15) is 74.6 Å². The molecule has 0 aliphatic carbocycles. The Morgan fingerprint density at radius 3 is 1.13 bits per heavy atom. The molecule has 0 spiro atoms. The predicted molar refractivity (Wildman–Crippen MR) is 60.8 cm³/mol. The van der Waals surface area contributed by atoms with Crippen molar-refractivity contribution in [2.75, 3.05) is 13.2 Å². The van der Waals surface area contributed by atoms with Gasteiger partial charge in [0.25, 0.3) is 5.91 Å².